The van der Waals surface area contributed by atoms with Gasteiger partial charge in [-0.3, -0.25) is 4.79 Å². The molecule has 0 bridgehead atoms. The van der Waals surface area contributed by atoms with Crippen LogP contribution in [-0.4, -0.2) is 5.78 Å². The molecular weight excluding hydrogens is 412 g/mol. The Balaban J connectivity index is 1.76. The number of benzene rings is 7. The SMILES string of the molecule is O=C(c1ccccc1)c1cc2cccc3c4cccc5cccc(c(c1-c1ccccc1)c23)c54. The lowest BCUT2D eigenvalue weighted by Gasteiger charge is -2.20. The molecule has 0 radical (unpaired) electrons. The summed E-state index contributed by atoms with van der Waals surface area (Å²) in [5.74, 6) is 0.0500. The molecule has 0 amide bonds. The monoisotopic (exact) mass is 432 g/mol. The molecule has 0 heterocycles. The molecule has 1 heteroatoms. The molecule has 0 aliphatic heterocycles. The van der Waals surface area contributed by atoms with Crippen LogP contribution in [0.4, 0.5) is 0 Å². The molecule has 7 aromatic carbocycles. The first-order chi connectivity index (χ1) is 16.8. The van der Waals surface area contributed by atoms with Crippen LogP contribution in [0.15, 0.2) is 121 Å². The van der Waals surface area contributed by atoms with Crippen molar-refractivity contribution >= 4 is 48.9 Å². The van der Waals surface area contributed by atoms with E-state index < -0.39 is 0 Å². The molecule has 7 rings (SSSR count). The van der Waals surface area contributed by atoms with Crippen molar-refractivity contribution < 1.29 is 4.79 Å². The number of hydrogen-bond acceptors (Lipinski definition) is 1. The van der Waals surface area contributed by atoms with Crippen molar-refractivity contribution in [2.75, 3.05) is 0 Å². The Morgan fingerprint density at radius 3 is 1.76 bits per heavy atom. The van der Waals surface area contributed by atoms with Crippen molar-refractivity contribution in [3.63, 3.8) is 0 Å². The van der Waals surface area contributed by atoms with E-state index in [9.17, 15) is 4.79 Å². The first kappa shape index (κ1) is 19.0. The minimum absolute atomic E-state index is 0.0500. The zero-order valence-electron chi connectivity index (χ0n) is 18.5. The highest BCUT2D eigenvalue weighted by molar-refractivity contribution is 6.37. The molecule has 0 aliphatic rings. The van der Waals surface area contributed by atoms with E-state index in [0.717, 1.165) is 27.5 Å². The quantitative estimate of drug-likeness (QED) is 0.155. The van der Waals surface area contributed by atoms with Gasteiger partial charge >= 0.3 is 0 Å². The van der Waals surface area contributed by atoms with E-state index in [1.807, 2.05) is 48.5 Å². The van der Waals surface area contributed by atoms with Gasteiger partial charge in [0.15, 0.2) is 5.78 Å². The van der Waals surface area contributed by atoms with Crippen LogP contribution in [0.25, 0.3) is 54.2 Å². The summed E-state index contributed by atoms with van der Waals surface area (Å²) in [7, 11) is 0. The summed E-state index contributed by atoms with van der Waals surface area (Å²) >= 11 is 0. The highest BCUT2D eigenvalue weighted by atomic mass is 16.1. The molecule has 0 N–H and O–H groups in total. The summed E-state index contributed by atoms with van der Waals surface area (Å²) < 4.78 is 0. The molecule has 0 aliphatic carbocycles. The molecule has 7 aromatic rings. The van der Waals surface area contributed by atoms with E-state index in [0.29, 0.717) is 5.56 Å². The van der Waals surface area contributed by atoms with Crippen LogP contribution in [0.3, 0.4) is 0 Å². The third-order valence-corrected chi connectivity index (χ3v) is 6.97. The molecule has 0 atom stereocenters. The summed E-state index contributed by atoms with van der Waals surface area (Å²) in [5, 5.41) is 9.62. The van der Waals surface area contributed by atoms with Gasteiger partial charge < -0.3 is 0 Å². The van der Waals surface area contributed by atoms with Crippen LogP contribution in [0.2, 0.25) is 0 Å². The lowest BCUT2D eigenvalue weighted by molar-refractivity contribution is 0.103. The maximum Gasteiger partial charge on any atom is 0.193 e. The van der Waals surface area contributed by atoms with E-state index in [1.54, 1.807) is 0 Å². The molecule has 158 valence electrons. The largest absolute Gasteiger partial charge is 0.289 e. The lowest BCUT2D eigenvalue weighted by atomic mass is 9.82. The average Bonchev–Trinajstić information content (AvgIpc) is 2.91. The topological polar surface area (TPSA) is 17.1 Å². The minimum Gasteiger partial charge on any atom is -0.289 e. The standard InChI is InChI=1S/C33H20O/c34-33(23-12-5-2-6-13-23)28-20-24-16-9-18-26-25-17-7-14-21-15-8-19-27(29(21)25)32(31(24)26)30(28)22-10-3-1-4-11-22/h1-20H. The number of ketones is 1. The van der Waals surface area contributed by atoms with E-state index in [2.05, 4.69) is 72.8 Å². The van der Waals surface area contributed by atoms with Crippen LogP contribution >= 0.6 is 0 Å². The van der Waals surface area contributed by atoms with E-state index in [4.69, 9.17) is 0 Å². The zero-order chi connectivity index (χ0) is 22.6. The molecule has 1 nitrogen and oxygen atoms in total. The Morgan fingerprint density at radius 1 is 0.471 bits per heavy atom. The Morgan fingerprint density at radius 2 is 1.06 bits per heavy atom. The van der Waals surface area contributed by atoms with Gasteiger partial charge in [0.25, 0.3) is 0 Å². The van der Waals surface area contributed by atoms with E-state index in [-0.39, 0.29) is 5.78 Å². The number of hydrogen-bond donors (Lipinski definition) is 0. The zero-order valence-corrected chi connectivity index (χ0v) is 18.5. The average molecular weight is 433 g/mol. The fraction of sp³-hybridized carbons (Fsp3) is 0. The highest BCUT2D eigenvalue weighted by Crippen LogP contribution is 2.46. The molecular formula is C33H20O. The summed E-state index contributed by atoms with van der Waals surface area (Å²) in [4.78, 5) is 13.9. The second-order valence-corrected chi connectivity index (χ2v) is 8.85. The number of carbonyl (C=O) groups is 1. The van der Waals surface area contributed by atoms with Crippen molar-refractivity contribution in [1.82, 2.24) is 0 Å². The summed E-state index contributed by atoms with van der Waals surface area (Å²) in [5.41, 5.74) is 3.52. The maximum absolute atomic E-state index is 13.9. The third kappa shape index (κ3) is 2.64. The normalized spacial score (nSPS) is 11.6. The molecule has 0 unspecified atom stereocenters. The van der Waals surface area contributed by atoms with Gasteiger partial charge in [0, 0.05) is 16.7 Å². The molecule has 0 fully saturated rings. The second-order valence-electron chi connectivity index (χ2n) is 8.85. The van der Waals surface area contributed by atoms with Crippen LogP contribution in [0.1, 0.15) is 15.9 Å². The Labute approximate surface area is 197 Å². The van der Waals surface area contributed by atoms with Crippen molar-refractivity contribution in [2.45, 2.75) is 0 Å². The number of carbonyl (C=O) groups excluding carboxylic acids is 1. The summed E-state index contributed by atoms with van der Waals surface area (Å²) in [6.07, 6.45) is 0. The van der Waals surface area contributed by atoms with Crippen molar-refractivity contribution in [3.05, 3.63) is 132 Å². The van der Waals surface area contributed by atoms with Gasteiger partial charge in [-0.05, 0) is 54.7 Å². The van der Waals surface area contributed by atoms with Gasteiger partial charge in [-0.2, -0.15) is 0 Å². The molecule has 34 heavy (non-hydrogen) atoms. The van der Waals surface area contributed by atoms with Crippen LogP contribution in [-0.2, 0) is 0 Å². The van der Waals surface area contributed by atoms with E-state index >= 15 is 0 Å². The minimum atomic E-state index is 0.0500. The van der Waals surface area contributed by atoms with Crippen molar-refractivity contribution in [1.29, 1.82) is 0 Å². The molecule has 0 aromatic heterocycles. The third-order valence-electron chi connectivity index (χ3n) is 6.97. The number of rotatable bonds is 3. The van der Waals surface area contributed by atoms with Crippen molar-refractivity contribution in [2.24, 2.45) is 0 Å². The van der Waals surface area contributed by atoms with Gasteiger partial charge in [0.2, 0.25) is 0 Å². The summed E-state index contributed by atoms with van der Waals surface area (Å²) in [6, 6.07) is 41.5. The fourth-order valence-electron chi connectivity index (χ4n) is 5.55. The van der Waals surface area contributed by atoms with Gasteiger partial charge in [0.05, 0.1) is 0 Å². The van der Waals surface area contributed by atoms with Crippen LogP contribution in [0, 0.1) is 0 Å². The van der Waals surface area contributed by atoms with Crippen LogP contribution in [0.5, 0.6) is 0 Å². The first-order valence-electron chi connectivity index (χ1n) is 11.6. The molecule has 0 spiro atoms. The predicted octanol–water partition coefficient (Wildman–Crippen LogP) is 8.64. The van der Waals surface area contributed by atoms with Gasteiger partial charge in [-0.1, -0.05) is 115 Å². The van der Waals surface area contributed by atoms with Crippen molar-refractivity contribution in [3.8, 4) is 11.1 Å². The van der Waals surface area contributed by atoms with Gasteiger partial charge in [-0.15, -0.1) is 0 Å². The smallest absolute Gasteiger partial charge is 0.193 e. The highest BCUT2D eigenvalue weighted by Gasteiger charge is 2.22. The number of fused-ring (bicyclic) bond motifs is 2. The van der Waals surface area contributed by atoms with Gasteiger partial charge in [-0.25, -0.2) is 0 Å². The fourth-order valence-corrected chi connectivity index (χ4v) is 5.55. The second kappa shape index (κ2) is 7.26. The Bertz CT molecular complexity index is 1840. The maximum atomic E-state index is 13.9. The van der Waals surface area contributed by atoms with Gasteiger partial charge in [0.1, 0.15) is 0 Å². The first-order valence-corrected chi connectivity index (χ1v) is 11.6. The van der Waals surface area contributed by atoms with Crippen LogP contribution < -0.4 is 0 Å². The Kier molecular flexibility index (Phi) is 4.06. The lowest BCUT2D eigenvalue weighted by Crippen LogP contribution is -2.05. The van der Waals surface area contributed by atoms with E-state index in [1.165, 1.54) is 32.3 Å². The summed E-state index contributed by atoms with van der Waals surface area (Å²) in [6.45, 7) is 0. The Hall–Kier alpha value is -4.49. The predicted molar refractivity (Wildman–Crippen MR) is 143 cm³/mol. The molecule has 0 saturated carbocycles. The molecule has 0 saturated heterocycles.